The van der Waals surface area contributed by atoms with E-state index in [1.54, 1.807) is 6.92 Å². The van der Waals surface area contributed by atoms with Gasteiger partial charge < -0.3 is 15.1 Å². The summed E-state index contributed by atoms with van der Waals surface area (Å²) >= 11 is 0. The van der Waals surface area contributed by atoms with Crippen LogP contribution in [0.2, 0.25) is 0 Å². The van der Waals surface area contributed by atoms with Crippen LogP contribution in [0.1, 0.15) is 44.1 Å². The summed E-state index contributed by atoms with van der Waals surface area (Å²) in [4.78, 5) is 39.6. The van der Waals surface area contributed by atoms with Gasteiger partial charge in [0.15, 0.2) is 0 Å². The van der Waals surface area contributed by atoms with Crippen molar-refractivity contribution in [2.45, 2.75) is 38.3 Å². The Morgan fingerprint density at radius 2 is 1.84 bits per heavy atom. The van der Waals surface area contributed by atoms with Crippen molar-refractivity contribution >= 4 is 28.8 Å². The van der Waals surface area contributed by atoms with E-state index >= 15 is 0 Å². The molecule has 0 spiro atoms. The molecular weight excluding hydrogens is 394 g/mol. The van der Waals surface area contributed by atoms with Crippen LogP contribution >= 0.6 is 0 Å². The molecule has 31 heavy (non-hydrogen) atoms. The zero-order chi connectivity index (χ0) is 22.0. The molecule has 4 amide bonds. The third kappa shape index (κ3) is 3.79. The van der Waals surface area contributed by atoms with Gasteiger partial charge in [0, 0.05) is 5.39 Å². The van der Waals surface area contributed by atoms with E-state index in [1.807, 2.05) is 67.6 Å². The van der Waals surface area contributed by atoms with Crippen LogP contribution in [0.15, 0.2) is 65.1 Å². The van der Waals surface area contributed by atoms with E-state index in [9.17, 15) is 14.4 Å². The number of benzene rings is 2. The molecule has 1 aliphatic heterocycles. The Bertz CT molecular complexity index is 1090. The van der Waals surface area contributed by atoms with Gasteiger partial charge in [-0.1, -0.05) is 61.9 Å². The van der Waals surface area contributed by atoms with Crippen molar-refractivity contribution in [1.29, 1.82) is 0 Å². The van der Waals surface area contributed by atoms with E-state index in [2.05, 4.69) is 10.6 Å². The van der Waals surface area contributed by atoms with Gasteiger partial charge in [-0.15, -0.1) is 0 Å². The first-order chi connectivity index (χ1) is 14.9. The van der Waals surface area contributed by atoms with Crippen LogP contribution in [0.5, 0.6) is 0 Å². The van der Waals surface area contributed by atoms with Gasteiger partial charge in [-0.25, -0.2) is 4.79 Å². The molecule has 4 rings (SSSR count). The quantitative estimate of drug-likeness (QED) is 0.569. The molecule has 2 N–H and O–H groups in total. The molecule has 0 radical (unpaired) electrons. The minimum atomic E-state index is -1.14. The first-order valence-corrected chi connectivity index (χ1v) is 10.4. The number of urea groups is 1. The zero-order valence-corrected chi connectivity index (χ0v) is 17.6. The number of carbonyl (C=O) groups is 3. The molecule has 0 saturated carbocycles. The van der Waals surface area contributed by atoms with E-state index in [-0.39, 0.29) is 6.54 Å². The Kier molecular flexibility index (Phi) is 5.50. The summed E-state index contributed by atoms with van der Waals surface area (Å²) in [6, 6.07) is 17.6. The number of furan rings is 1. The average Bonchev–Trinajstić information content (AvgIpc) is 3.30. The van der Waals surface area contributed by atoms with Gasteiger partial charge in [0.2, 0.25) is 5.91 Å². The number of fused-ring (bicyclic) bond motifs is 1. The second-order valence-electron chi connectivity index (χ2n) is 7.82. The minimum absolute atomic E-state index is 0.354. The fourth-order valence-corrected chi connectivity index (χ4v) is 4.09. The maximum atomic E-state index is 13.3. The molecule has 1 aliphatic rings. The standard InChI is InChI=1S/C24H25N3O4/c1-3-13-24(18-10-5-4-6-11-18)22(29)27(23(30)26-24)15-21(28)25-16(2)20-14-17-9-7-8-12-19(17)31-20/h4-12,14,16H,3,13,15H2,1-2H3,(H,25,28)(H,26,30)/t16-,24-/m0/s1. The smallest absolute Gasteiger partial charge is 0.325 e. The molecule has 0 aliphatic carbocycles. The van der Waals surface area contributed by atoms with Crippen molar-refractivity contribution < 1.29 is 18.8 Å². The predicted octanol–water partition coefficient (Wildman–Crippen LogP) is 3.86. The lowest BCUT2D eigenvalue weighted by molar-refractivity contribution is -0.135. The molecule has 160 valence electrons. The number of imide groups is 1. The third-order valence-corrected chi connectivity index (χ3v) is 5.62. The van der Waals surface area contributed by atoms with Crippen molar-refractivity contribution in [3.05, 3.63) is 72.0 Å². The first kappa shape index (κ1) is 20.7. The van der Waals surface area contributed by atoms with Crippen LogP contribution in [0.3, 0.4) is 0 Å². The third-order valence-electron chi connectivity index (χ3n) is 5.62. The van der Waals surface area contributed by atoms with Gasteiger partial charge in [-0.3, -0.25) is 14.5 Å². The Labute approximate surface area is 180 Å². The van der Waals surface area contributed by atoms with Gasteiger partial charge in [-0.05, 0) is 31.0 Å². The highest BCUT2D eigenvalue weighted by Gasteiger charge is 2.52. The van der Waals surface area contributed by atoms with E-state index in [0.717, 1.165) is 15.9 Å². The number of amides is 4. The molecule has 1 saturated heterocycles. The Morgan fingerprint density at radius 1 is 1.13 bits per heavy atom. The van der Waals surface area contributed by atoms with Gasteiger partial charge in [0.25, 0.3) is 5.91 Å². The average molecular weight is 419 g/mol. The normalized spacial score (nSPS) is 19.5. The second kappa shape index (κ2) is 8.26. The number of para-hydroxylation sites is 1. The molecule has 2 heterocycles. The van der Waals surface area contributed by atoms with Gasteiger partial charge in [0.1, 0.15) is 23.4 Å². The van der Waals surface area contributed by atoms with Crippen molar-refractivity contribution in [3.63, 3.8) is 0 Å². The monoisotopic (exact) mass is 419 g/mol. The highest BCUT2D eigenvalue weighted by molar-refractivity contribution is 6.09. The lowest BCUT2D eigenvalue weighted by Gasteiger charge is -2.27. The number of nitrogens with one attached hydrogen (secondary N) is 2. The van der Waals surface area contributed by atoms with Crippen molar-refractivity contribution in [2.75, 3.05) is 6.54 Å². The van der Waals surface area contributed by atoms with Gasteiger partial charge in [0.05, 0.1) is 6.04 Å². The molecule has 7 heteroatoms. The summed E-state index contributed by atoms with van der Waals surface area (Å²) in [6.45, 7) is 3.40. The molecule has 0 unspecified atom stereocenters. The van der Waals surface area contributed by atoms with Crippen LogP contribution in [0.4, 0.5) is 4.79 Å². The fraction of sp³-hybridized carbons (Fsp3) is 0.292. The van der Waals surface area contributed by atoms with Crippen LogP contribution < -0.4 is 10.6 Å². The van der Waals surface area contributed by atoms with Crippen LogP contribution in [0, 0.1) is 0 Å². The predicted molar refractivity (Wildman–Crippen MR) is 116 cm³/mol. The van der Waals surface area contributed by atoms with E-state index in [0.29, 0.717) is 24.2 Å². The van der Waals surface area contributed by atoms with Crippen LogP contribution in [-0.4, -0.2) is 29.3 Å². The van der Waals surface area contributed by atoms with Crippen molar-refractivity contribution in [3.8, 4) is 0 Å². The van der Waals surface area contributed by atoms with Gasteiger partial charge >= 0.3 is 6.03 Å². The Hall–Kier alpha value is -3.61. The summed E-state index contributed by atoms with van der Waals surface area (Å²) in [6.07, 6.45) is 1.15. The number of hydrogen-bond acceptors (Lipinski definition) is 4. The summed E-state index contributed by atoms with van der Waals surface area (Å²) in [5.74, 6) is -0.231. The van der Waals surface area contributed by atoms with Gasteiger partial charge in [-0.2, -0.15) is 0 Å². The molecule has 2 aromatic carbocycles. The fourth-order valence-electron chi connectivity index (χ4n) is 4.09. The summed E-state index contributed by atoms with van der Waals surface area (Å²) in [5, 5.41) is 6.59. The molecular formula is C24H25N3O4. The lowest BCUT2D eigenvalue weighted by Crippen LogP contribution is -2.45. The Balaban J connectivity index is 1.48. The summed E-state index contributed by atoms with van der Waals surface area (Å²) in [5.41, 5.74) is 0.311. The number of hydrogen-bond donors (Lipinski definition) is 2. The number of rotatable bonds is 7. The highest BCUT2D eigenvalue weighted by atomic mass is 16.3. The molecule has 3 aromatic rings. The second-order valence-corrected chi connectivity index (χ2v) is 7.82. The minimum Gasteiger partial charge on any atom is -0.459 e. The zero-order valence-electron chi connectivity index (χ0n) is 17.6. The number of carbonyl (C=O) groups excluding carboxylic acids is 3. The summed E-state index contributed by atoms with van der Waals surface area (Å²) < 4.78 is 5.79. The lowest BCUT2D eigenvalue weighted by atomic mass is 9.85. The SMILES string of the molecule is CCC[C@@]1(c2ccccc2)NC(=O)N(CC(=O)N[C@@H](C)c2cc3ccccc3o2)C1=O. The largest absolute Gasteiger partial charge is 0.459 e. The van der Waals surface area contributed by atoms with E-state index < -0.39 is 29.4 Å². The number of nitrogens with zero attached hydrogens (tertiary/aromatic N) is 1. The maximum absolute atomic E-state index is 13.3. The molecule has 1 fully saturated rings. The van der Waals surface area contributed by atoms with E-state index in [1.165, 1.54) is 0 Å². The molecule has 0 bridgehead atoms. The van der Waals surface area contributed by atoms with E-state index in [4.69, 9.17) is 4.42 Å². The molecule has 1 aromatic heterocycles. The summed E-state index contributed by atoms with van der Waals surface area (Å²) in [7, 11) is 0. The van der Waals surface area contributed by atoms with Crippen molar-refractivity contribution in [2.24, 2.45) is 0 Å². The maximum Gasteiger partial charge on any atom is 0.325 e. The first-order valence-electron chi connectivity index (χ1n) is 10.4. The van der Waals surface area contributed by atoms with Crippen LogP contribution in [-0.2, 0) is 15.1 Å². The van der Waals surface area contributed by atoms with Crippen molar-refractivity contribution in [1.82, 2.24) is 15.5 Å². The topological polar surface area (TPSA) is 91.7 Å². The highest BCUT2D eigenvalue weighted by Crippen LogP contribution is 2.33. The molecule has 7 nitrogen and oxygen atoms in total. The Morgan fingerprint density at radius 3 is 2.55 bits per heavy atom. The van der Waals surface area contributed by atoms with Crippen LogP contribution in [0.25, 0.3) is 11.0 Å². The molecule has 2 atom stereocenters.